The van der Waals surface area contributed by atoms with Gasteiger partial charge in [0.2, 0.25) is 0 Å². The average Bonchev–Trinajstić information content (AvgIpc) is 2.72. The number of thioether (sulfide) groups is 1. The summed E-state index contributed by atoms with van der Waals surface area (Å²) in [5.41, 5.74) is 1.23. The maximum absolute atomic E-state index is 11.8. The Bertz CT molecular complexity index is 936. The van der Waals surface area contributed by atoms with Crippen LogP contribution in [0.15, 0.2) is 48.8 Å². The molecule has 1 aliphatic rings. The summed E-state index contributed by atoms with van der Waals surface area (Å²) in [7, 11) is 0. The predicted octanol–water partition coefficient (Wildman–Crippen LogP) is 3.00. The molecule has 0 N–H and O–H groups in total. The molecular formula is C22H23NO7S. The van der Waals surface area contributed by atoms with Crippen molar-refractivity contribution in [1.82, 2.24) is 4.98 Å². The van der Waals surface area contributed by atoms with Crippen LogP contribution in [-0.2, 0) is 28.6 Å². The van der Waals surface area contributed by atoms with E-state index >= 15 is 0 Å². The van der Waals surface area contributed by atoms with E-state index in [1.165, 1.54) is 32.5 Å². The first-order valence-electron chi connectivity index (χ1n) is 9.64. The monoisotopic (exact) mass is 445 g/mol. The first-order valence-corrected chi connectivity index (χ1v) is 10.7. The number of pyridine rings is 1. The quantitative estimate of drug-likeness (QED) is 0.490. The van der Waals surface area contributed by atoms with Crippen molar-refractivity contribution in [2.24, 2.45) is 0 Å². The molecule has 31 heavy (non-hydrogen) atoms. The van der Waals surface area contributed by atoms with Gasteiger partial charge < -0.3 is 18.9 Å². The van der Waals surface area contributed by atoms with Crippen LogP contribution >= 0.6 is 11.8 Å². The van der Waals surface area contributed by atoms with E-state index in [9.17, 15) is 14.4 Å². The lowest BCUT2D eigenvalue weighted by atomic mass is 10.1. The van der Waals surface area contributed by atoms with Gasteiger partial charge in [0, 0.05) is 38.9 Å². The molecular weight excluding hydrogens is 422 g/mol. The minimum absolute atomic E-state index is 0.310. The molecule has 0 radical (unpaired) electrons. The molecule has 3 rings (SSSR count). The fourth-order valence-electron chi connectivity index (χ4n) is 3.24. The van der Waals surface area contributed by atoms with Crippen LogP contribution in [0.5, 0.6) is 5.75 Å². The number of rotatable bonds is 6. The molecule has 0 aliphatic carbocycles. The fraction of sp³-hybridized carbons (Fsp3) is 0.364. The SMILES string of the molecule is CC(=O)O[C@@H]1[C@@H](OC(C)=O)[C@@H](Oc2cccc(-c3ccncc3)c2)SC[C@H]1OC(C)=O. The van der Waals surface area contributed by atoms with Gasteiger partial charge in [-0.2, -0.15) is 0 Å². The van der Waals surface area contributed by atoms with Crippen LogP contribution in [0.25, 0.3) is 11.1 Å². The van der Waals surface area contributed by atoms with Crippen molar-refractivity contribution in [1.29, 1.82) is 0 Å². The Morgan fingerprint density at radius 2 is 1.52 bits per heavy atom. The second kappa shape index (κ2) is 10.3. The lowest BCUT2D eigenvalue weighted by Crippen LogP contribution is -2.55. The molecule has 0 saturated carbocycles. The highest BCUT2D eigenvalue weighted by atomic mass is 32.2. The van der Waals surface area contributed by atoms with Gasteiger partial charge in [0.25, 0.3) is 0 Å². The lowest BCUT2D eigenvalue weighted by Gasteiger charge is -2.39. The van der Waals surface area contributed by atoms with Gasteiger partial charge in [-0.05, 0) is 35.4 Å². The van der Waals surface area contributed by atoms with Crippen molar-refractivity contribution in [3.8, 4) is 16.9 Å². The summed E-state index contributed by atoms with van der Waals surface area (Å²) in [5, 5.41) is 0. The Labute approximate surface area is 184 Å². The zero-order valence-corrected chi connectivity index (χ0v) is 18.2. The van der Waals surface area contributed by atoms with Gasteiger partial charge in [-0.1, -0.05) is 12.1 Å². The maximum atomic E-state index is 11.8. The van der Waals surface area contributed by atoms with Crippen molar-refractivity contribution >= 4 is 29.7 Å². The molecule has 1 fully saturated rings. The topological polar surface area (TPSA) is 101 Å². The van der Waals surface area contributed by atoms with E-state index in [-0.39, 0.29) is 0 Å². The van der Waals surface area contributed by atoms with Gasteiger partial charge >= 0.3 is 17.9 Å². The Morgan fingerprint density at radius 1 is 0.871 bits per heavy atom. The number of esters is 3. The summed E-state index contributed by atoms with van der Waals surface area (Å²) in [6.45, 7) is 3.76. The molecule has 8 nitrogen and oxygen atoms in total. The molecule has 1 aromatic heterocycles. The van der Waals surface area contributed by atoms with Gasteiger partial charge in [0.1, 0.15) is 5.75 Å². The fourth-order valence-corrected chi connectivity index (χ4v) is 4.45. The molecule has 9 heteroatoms. The van der Waals surface area contributed by atoms with Crippen molar-refractivity contribution < 1.29 is 33.3 Å². The molecule has 1 aromatic carbocycles. The standard InChI is InChI=1S/C22H23NO7S/c1-13(24)27-19-12-31-22(21(29-15(3)26)20(19)28-14(2)25)30-18-6-4-5-17(11-18)16-7-9-23-10-8-16/h4-11,19-22H,12H2,1-3H3/t19-,20+,21-,22+/m1/s1. The second-order valence-corrected chi connectivity index (χ2v) is 8.01. The highest BCUT2D eigenvalue weighted by Gasteiger charge is 2.47. The van der Waals surface area contributed by atoms with E-state index < -0.39 is 41.7 Å². The van der Waals surface area contributed by atoms with Gasteiger partial charge in [-0.3, -0.25) is 19.4 Å². The number of nitrogens with zero attached hydrogens (tertiary/aromatic N) is 1. The van der Waals surface area contributed by atoms with Crippen molar-refractivity contribution in [3.05, 3.63) is 48.8 Å². The summed E-state index contributed by atoms with van der Waals surface area (Å²) in [6, 6.07) is 11.2. The molecule has 164 valence electrons. The third-order valence-corrected chi connectivity index (χ3v) is 5.62. The lowest BCUT2D eigenvalue weighted by molar-refractivity contribution is -0.186. The van der Waals surface area contributed by atoms with E-state index in [2.05, 4.69) is 4.98 Å². The Hall–Kier alpha value is -3.07. The Balaban J connectivity index is 1.86. The number of hydrogen-bond donors (Lipinski definition) is 0. The van der Waals surface area contributed by atoms with Crippen LogP contribution in [0.3, 0.4) is 0 Å². The van der Waals surface area contributed by atoms with Gasteiger partial charge in [-0.25, -0.2) is 0 Å². The molecule has 4 atom stereocenters. The smallest absolute Gasteiger partial charge is 0.303 e. The van der Waals surface area contributed by atoms with Crippen LogP contribution < -0.4 is 4.74 Å². The molecule has 0 amide bonds. The van der Waals surface area contributed by atoms with Crippen molar-refractivity contribution in [3.63, 3.8) is 0 Å². The first-order chi connectivity index (χ1) is 14.8. The largest absolute Gasteiger partial charge is 0.476 e. The van der Waals surface area contributed by atoms with Gasteiger partial charge in [0.15, 0.2) is 23.7 Å². The summed E-state index contributed by atoms with van der Waals surface area (Å²) < 4.78 is 22.3. The van der Waals surface area contributed by atoms with E-state index in [1.807, 2.05) is 30.3 Å². The number of hydrogen-bond acceptors (Lipinski definition) is 9. The molecule has 1 saturated heterocycles. The Morgan fingerprint density at radius 3 is 2.16 bits per heavy atom. The van der Waals surface area contributed by atoms with Crippen LogP contribution in [-0.4, -0.2) is 52.4 Å². The predicted molar refractivity (Wildman–Crippen MR) is 113 cm³/mol. The van der Waals surface area contributed by atoms with Crippen LogP contribution in [0.2, 0.25) is 0 Å². The molecule has 2 aromatic rings. The van der Waals surface area contributed by atoms with Gasteiger partial charge in [0.05, 0.1) is 0 Å². The van der Waals surface area contributed by atoms with Crippen LogP contribution in [0.1, 0.15) is 20.8 Å². The third kappa shape index (κ3) is 6.21. The highest BCUT2D eigenvalue weighted by Crippen LogP contribution is 2.35. The summed E-state index contributed by atoms with van der Waals surface area (Å²) in [4.78, 5) is 39.0. The van der Waals surface area contributed by atoms with Crippen LogP contribution in [0, 0.1) is 0 Å². The minimum atomic E-state index is -0.986. The number of carbonyl (C=O) groups excluding carboxylic acids is 3. The van der Waals surface area contributed by atoms with Crippen molar-refractivity contribution in [2.45, 2.75) is 44.5 Å². The summed E-state index contributed by atoms with van der Waals surface area (Å²) in [6.07, 6.45) is 0.693. The third-order valence-electron chi connectivity index (χ3n) is 4.40. The maximum Gasteiger partial charge on any atom is 0.303 e. The number of benzene rings is 1. The highest BCUT2D eigenvalue weighted by molar-refractivity contribution is 7.99. The zero-order valence-electron chi connectivity index (χ0n) is 17.3. The zero-order chi connectivity index (χ0) is 22.4. The number of carbonyl (C=O) groups is 3. The molecule has 2 heterocycles. The van der Waals surface area contributed by atoms with E-state index in [0.29, 0.717) is 11.5 Å². The van der Waals surface area contributed by atoms with E-state index in [4.69, 9.17) is 18.9 Å². The van der Waals surface area contributed by atoms with Crippen molar-refractivity contribution in [2.75, 3.05) is 5.75 Å². The Kier molecular flexibility index (Phi) is 7.51. The minimum Gasteiger partial charge on any atom is -0.476 e. The normalized spacial score (nSPS) is 22.8. The summed E-state index contributed by atoms with van der Waals surface area (Å²) in [5.74, 6) is -0.801. The summed E-state index contributed by atoms with van der Waals surface area (Å²) >= 11 is 1.31. The average molecular weight is 445 g/mol. The number of aromatic nitrogens is 1. The molecule has 0 spiro atoms. The number of ether oxygens (including phenoxy) is 4. The van der Waals surface area contributed by atoms with Crippen LogP contribution in [0.4, 0.5) is 0 Å². The molecule has 1 aliphatic heterocycles. The molecule has 0 unspecified atom stereocenters. The van der Waals surface area contributed by atoms with E-state index in [1.54, 1.807) is 18.5 Å². The van der Waals surface area contributed by atoms with E-state index in [0.717, 1.165) is 11.1 Å². The molecule has 0 bridgehead atoms. The second-order valence-electron chi connectivity index (χ2n) is 6.88. The van der Waals surface area contributed by atoms with Gasteiger partial charge in [-0.15, -0.1) is 11.8 Å². The first kappa shape index (κ1) is 22.6.